The Morgan fingerprint density at radius 3 is 2.22 bits per heavy atom. The number of hydrogen-bond donors (Lipinski definition) is 1. The van der Waals surface area contributed by atoms with Crippen molar-refractivity contribution in [1.82, 2.24) is 4.90 Å². The van der Waals surface area contributed by atoms with E-state index in [4.69, 9.17) is 5.73 Å². The van der Waals surface area contributed by atoms with Gasteiger partial charge in [0.1, 0.15) is 11.6 Å². The van der Waals surface area contributed by atoms with Crippen LogP contribution in [0, 0.1) is 17.0 Å². The largest absolute Gasteiger partial charge is 0.330 e. The van der Waals surface area contributed by atoms with Crippen LogP contribution in [0.15, 0.2) is 18.2 Å². The Bertz CT molecular complexity index is 371. The van der Waals surface area contributed by atoms with Crippen molar-refractivity contribution >= 4 is 0 Å². The molecule has 0 aliphatic rings. The number of halogens is 2. The highest BCUT2D eigenvalue weighted by Crippen LogP contribution is 2.19. The van der Waals surface area contributed by atoms with Crippen LogP contribution in [0.25, 0.3) is 0 Å². The van der Waals surface area contributed by atoms with Crippen LogP contribution in [0.1, 0.15) is 26.3 Å². The van der Waals surface area contributed by atoms with Gasteiger partial charge in [0, 0.05) is 18.7 Å². The van der Waals surface area contributed by atoms with E-state index in [-0.39, 0.29) is 17.5 Å². The summed E-state index contributed by atoms with van der Waals surface area (Å²) >= 11 is 0. The first-order valence-corrected chi connectivity index (χ1v) is 6.25. The molecule has 0 amide bonds. The van der Waals surface area contributed by atoms with E-state index in [1.165, 1.54) is 18.2 Å². The van der Waals surface area contributed by atoms with Crippen LogP contribution >= 0.6 is 0 Å². The van der Waals surface area contributed by atoms with E-state index in [0.29, 0.717) is 13.1 Å². The SMILES string of the molecule is CCN(Cc1c(F)cccc1F)CC(C)(C)CN. The van der Waals surface area contributed by atoms with Gasteiger partial charge in [0.2, 0.25) is 0 Å². The minimum absolute atomic E-state index is 0.0578. The summed E-state index contributed by atoms with van der Waals surface area (Å²) in [4.78, 5) is 2.01. The molecule has 0 radical (unpaired) electrons. The van der Waals surface area contributed by atoms with E-state index in [2.05, 4.69) is 0 Å². The smallest absolute Gasteiger partial charge is 0.130 e. The first-order chi connectivity index (χ1) is 8.39. The van der Waals surface area contributed by atoms with E-state index >= 15 is 0 Å². The zero-order valence-electron chi connectivity index (χ0n) is 11.3. The quantitative estimate of drug-likeness (QED) is 0.848. The number of nitrogens with zero attached hydrogens (tertiary/aromatic N) is 1. The summed E-state index contributed by atoms with van der Waals surface area (Å²) < 4.78 is 27.1. The van der Waals surface area contributed by atoms with Gasteiger partial charge in [-0.2, -0.15) is 0 Å². The minimum Gasteiger partial charge on any atom is -0.330 e. The van der Waals surface area contributed by atoms with Crippen molar-refractivity contribution in [2.45, 2.75) is 27.3 Å². The Balaban J connectivity index is 2.80. The molecule has 4 heteroatoms. The Kier molecular flexibility index (Phi) is 5.23. The molecule has 1 rings (SSSR count). The van der Waals surface area contributed by atoms with Crippen LogP contribution < -0.4 is 5.73 Å². The van der Waals surface area contributed by atoms with Gasteiger partial charge in [-0.05, 0) is 30.6 Å². The molecular formula is C14H22F2N2. The summed E-state index contributed by atoms with van der Waals surface area (Å²) in [6.07, 6.45) is 0. The van der Waals surface area contributed by atoms with E-state index in [1.807, 2.05) is 25.7 Å². The molecule has 0 aromatic heterocycles. The fourth-order valence-corrected chi connectivity index (χ4v) is 1.86. The van der Waals surface area contributed by atoms with Crippen LogP contribution in [-0.4, -0.2) is 24.5 Å². The lowest BCUT2D eigenvalue weighted by Gasteiger charge is -2.31. The summed E-state index contributed by atoms with van der Waals surface area (Å²) in [5, 5.41) is 0. The number of benzene rings is 1. The van der Waals surface area contributed by atoms with E-state index in [0.717, 1.165) is 6.54 Å². The van der Waals surface area contributed by atoms with Crippen LogP contribution in [0.5, 0.6) is 0 Å². The molecule has 1 aromatic rings. The summed E-state index contributed by atoms with van der Waals surface area (Å²) in [5.41, 5.74) is 5.76. The number of rotatable bonds is 6. The maximum Gasteiger partial charge on any atom is 0.130 e. The fraction of sp³-hybridized carbons (Fsp3) is 0.571. The normalized spacial score (nSPS) is 12.2. The molecule has 0 spiro atoms. The van der Waals surface area contributed by atoms with Gasteiger partial charge >= 0.3 is 0 Å². The van der Waals surface area contributed by atoms with Crippen LogP contribution in [0.4, 0.5) is 8.78 Å². The predicted octanol–water partition coefficient (Wildman–Crippen LogP) is 2.77. The van der Waals surface area contributed by atoms with E-state index in [9.17, 15) is 8.78 Å². The fourth-order valence-electron chi connectivity index (χ4n) is 1.86. The average molecular weight is 256 g/mol. The van der Waals surface area contributed by atoms with Gasteiger partial charge in [-0.3, -0.25) is 4.90 Å². The third-order valence-corrected chi connectivity index (χ3v) is 3.09. The topological polar surface area (TPSA) is 29.3 Å². The van der Waals surface area contributed by atoms with Crippen LogP contribution in [0.3, 0.4) is 0 Å². The van der Waals surface area contributed by atoms with Gasteiger partial charge < -0.3 is 5.73 Å². The van der Waals surface area contributed by atoms with Crippen LogP contribution in [-0.2, 0) is 6.54 Å². The second-order valence-corrected chi connectivity index (χ2v) is 5.37. The van der Waals surface area contributed by atoms with Gasteiger partial charge in [-0.1, -0.05) is 26.8 Å². The molecule has 0 fully saturated rings. The molecule has 2 N–H and O–H groups in total. The minimum atomic E-state index is -0.487. The predicted molar refractivity (Wildman–Crippen MR) is 70.1 cm³/mol. The molecule has 0 atom stereocenters. The Labute approximate surface area is 108 Å². The second-order valence-electron chi connectivity index (χ2n) is 5.37. The highest BCUT2D eigenvalue weighted by Gasteiger charge is 2.21. The van der Waals surface area contributed by atoms with Crippen molar-refractivity contribution in [3.63, 3.8) is 0 Å². The molecule has 0 aliphatic heterocycles. The van der Waals surface area contributed by atoms with E-state index in [1.54, 1.807) is 0 Å². The van der Waals surface area contributed by atoms with Gasteiger partial charge in [0.15, 0.2) is 0 Å². The molecular weight excluding hydrogens is 234 g/mol. The zero-order chi connectivity index (χ0) is 13.8. The summed E-state index contributed by atoms with van der Waals surface area (Å²) in [7, 11) is 0. The number of hydrogen-bond acceptors (Lipinski definition) is 2. The van der Waals surface area contributed by atoms with Crippen molar-refractivity contribution in [2.24, 2.45) is 11.1 Å². The highest BCUT2D eigenvalue weighted by molar-refractivity contribution is 5.19. The summed E-state index contributed by atoms with van der Waals surface area (Å²) in [6, 6.07) is 3.97. The highest BCUT2D eigenvalue weighted by atomic mass is 19.1. The van der Waals surface area contributed by atoms with Crippen molar-refractivity contribution in [2.75, 3.05) is 19.6 Å². The second kappa shape index (κ2) is 6.25. The summed E-state index contributed by atoms with van der Waals surface area (Å²) in [6.45, 7) is 8.35. The van der Waals surface area contributed by atoms with Crippen molar-refractivity contribution < 1.29 is 8.78 Å². The van der Waals surface area contributed by atoms with Gasteiger partial charge in [0.25, 0.3) is 0 Å². The van der Waals surface area contributed by atoms with Crippen molar-refractivity contribution in [3.8, 4) is 0 Å². The summed E-state index contributed by atoms with van der Waals surface area (Å²) in [5.74, 6) is -0.974. The Hall–Kier alpha value is -1.00. The average Bonchev–Trinajstić information content (AvgIpc) is 2.32. The molecule has 102 valence electrons. The lowest BCUT2D eigenvalue weighted by Crippen LogP contribution is -2.38. The first kappa shape index (κ1) is 15.1. The zero-order valence-corrected chi connectivity index (χ0v) is 11.3. The molecule has 0 bridgehead atoms. The van der Waals surface area contributed by atoms with Crippen molar-refractivity contribution in [3.05, 3.63) is 35.4 Å². The Morgan fingerprint density at radius 2 is 1.78 bits per heavy atom. The molecule has 0 unspecified atom stereocenters. The molecule has 0 heterocycles. The lowest BCUT2D eigenvalue weighted by molar-refractivity contribution is 0.180. The first-order valence-electron chi connectivity index (χ1n) is 6.25. The third-order valence-electron chi connectivity index (χ3n) is 3.09. The van der Waals surface area contributed by atoms with E-state index < -0.39 is 11.6 Å². The monoisotopic (exact) mass is 256 g/mol. The molecule has 0 saturated carbocycles. The lowest BCUT2D eigenvalue weighted by atomic mass is 9.93. The maximum absolute atomic E-state index is 13.6. The molecule has 0 aliphatic carbocycles. The third kappa shape index (κ3) is 4.03. The Morgan fingerprint density at radius 1 is 1.22 bits per heavy atom. The maximum atomic E-state index is 13.6. The van der Waals surface area contributed by atoms with Gasteiger partial charge in [0.05, 0.1) is 0 Å². The number of nitrogens with two attached hydrogens (primary N) is 1. The molecule has 0 saturated heterocycles. The van der Waals surface area contributed by atoms with Gasteiger partial charge in [-0.15, -0.1) is 0 Å². The van der Waals surface area contributed by atoms with Gasteiger partial charge in [-0.25, -0.2) is 8.78 Å². The molecule has 18 heavy (non-hydrogen) atoms. The van der Waals surface area contributed by atoms with Crippen LogP contribution in [0.2, 0.25) is 0 Å². The standard InChI is InChI=1S/C14H22F2N2/c1-4-18(10-14(2,3)9-17)8-11-12(15)6-5-7-13(11)16/h5-7H,4,8-10,17H2,1-3H3. The molecule has 2 nitrogen and oxygen atoms in total. The van der Waals surface area contributed by atoms with Crippen molar-refractivity contribution in [1.29, 1.82) is 0 Å². The molecule has 1 aromatic carbocycles.